The molecule has 0 aliphatic heterocycles. The lowest BCUT2D eigenvalue weighted by Crippen LogP contribution is -2.57. The second-order valence-corrected chi connectivity index (χ2v) is 7.82. The summed E-state index contributed by atoms with van der Waals surface area (Å²) in [6, 6.07) is -4.70. The minimum absolute atomic E-state index is 0.0000862. The van der Waals surface area contributed by atoms with Crippen molar-refractivity contribution >= 4 is 29.7 Å². The second-order valence-electron chi connectivity index (χ2n) is 7.82. The zero-order valence-electron chi connectivity index (χ0n) is 18.2. The third kappa shape index (κ3) is 11.9. The van der Waals surface area contributed by atoms with Crippen molar-refractivity contribution < 1.29 is 34.2 Å². The lowest BCUT2D eigenvalue weighted by molar-refractivity contribution is -0.143. The summed E-state index contributed by atoms with van der Waals surface area (Å²) in [5.74, 6) is -4.88. The summed E-state index contributed by atoms with van der Waals surface area (Å²) in [4.78, 5) is 59.7. The van der Waals surface area contributed by atoms with Crippen LogP contribution in [0.1, 0.15) is 52.9 Å². The van der Waals surface area contributed by atoms with E-state index in [9.17, 15) is 29.1 Å². The van der Waals surface area contributed by atoms with Crippen molar-refractivity contribution in [2.45, 2.75) is 77.0 Å². The molecule has 0 aromatic carbocycles. The summed E-state index contributed by atoms with van der Waals surface area (Å²) < 4.78 is 0. The molecule has 4 atom stereocenters. The fraction of sp³-hybridized carbons (Fsp3) is 0.737. The minimum Gasteiger partial charge on any atom is -0.481 e. The van der Waals surface area contributed by atoms with Gasteiger partial charge in [-0.3, -0.25) is 19.2 Å². The van der Waals surface area contributed by atoms with Crippen LogP contribution in [-0.2, 0) is 24.0 Å². The van der Waals surface area contributed by atoms with E-state index in [-0.39, 0.29) is 18.8 Å². The van der Waals surface area contributed by atoms with E-state index in [2.05, 4.69) is 16.0 Å². The summed E-state index contributed by atoms with van der Waals surface area (Å²) >= 11 is 0. The Balaban J connectivity index is 5.45. The van der Waals surface area contributed by atoms with E-state index in [4.69, 9.17) is 16.6 Å². The van der Waals surface area contributed by atoms with Crippen molar-refractivity contribution in [3.8, 4) is 0 Å². The molecule has 0 aliphatic carbocycles. The Hall–Kier alpha value is -2.73. The van der Waals surface area contributed by atoms with E-state index >= 15 is 0 Å². The number of hydrogen-bond donors (Lipinski definition) is 7. The number of nitrogens with two attached hydrogens (primary N) is 2. The molecule has 0 rings (SSSR count). The lowest BCUT2D eigenvalue weighted by Gasteiger charge is -2.25. The van der Waals surface area contributed by atoms with Crippen LogP contribution in [0.3, 0.4) is 0 Å². The van der Waals surface area contributed by atoms with Crippen molar-refractivity contribution in [3.05, 3.63) is 0 Å². The summed E-state index contributed by atoms with van der Waals surface area (Å²) in [5, 5.41) is 25.5. The number of aliphatic carboxylic acids is 2. The van der Waals surface area contributed by atoms with E-state index < -0.39 is 60.2 Å². The number of rotatable bonds is 15. The summed E-state index contributed by atoms with van der Waals surface area (Å²) in [7, 11) is 0. The van der Waals surface area contributed by atoms with Gasteiger partial charge in [-0.2, -0.15) is 0 Å². The fourth-order valence-corrected chi connectivity index (χ4v) is 2.69. The first kappa shape index (κ1) is 28.3. The first-order valence-corrected chi connectivity index (χ1v) is 10.2. The average Bonchev–Trinajstić information content (AvgIpc) is 2.64. The molecular weight excluding hydrogens is 410 g/mol. The van der Waals surface area contributed by atoms with Gasteiger partial charge in [-0.25, -0.2) is 4.79 Å². The lowest BCUT2D eigenvalue weighted by atomic mass is 10.0. The predicted octanol–water partition coefficient (Wildman–Crippen LogP) is -1.48. The summed E-state index contributed by atoms with van der Waals surface area (Å²) in [5.41, 5.74) is 10.9. The molecule has 0 aromatic rings. The Morgan fingerprint density at radius 2 is 1.32 bits per heavy atom. The Kier molecular flexibility index (Phi) is 13.0. The van der Waals surface area contributed by atoms with Gasteiger partial charge >= 0.3 is 11.9 Å². The number of nitrogens with one attached hydrogen (secondary N) is 3. The van der Waals surface area contributed by atoms with Crippen molar-refractivity contribution in [3.63, 3.8) is 0 Å². The molecule has 0 aromatic heterocycles. The topological polar surface area (TPSA) is 214 Å². The Morgan fingerprint density at radius 3 is 1.77 bits per heavy atom. The molecule has 12 nitrogen and oxygen atoms in total. The van der Waals surface area contributed by atoms with Crippen LogP contribution < -0.4 is 27.4 Å². The number of amides is 3. The highest BCUT2D eigenvalue weighted by Gasteiger charge is 2.31. The Labute approximate surface area is 181 Å². The molecule has 0 radical (unpaired) electrons. The maximum atomic E-state index is 12.7. The molecule has 12 heteroatoms. The van der Waals surface area contributed by atoms with Gasteiger partial charge in [0.25, 0.3) is 0 Å². The predicted molar refractivity (Wildman–Crippen MR) is 112 cm³/mol. The maximum Gasteiger partial charge on any atom is 0.326 e. The third-order valence-electron chi connectivity index (χ3n) is 4.33. The maximum absolute atomic E-state index is 12.7. The molecule has 0 bridgehead atoms. The monoisotopic (exact) mass is 445 g/mol. The SMILES string of the molecule is CC(C)CC(NC(=O)C(CCCCN)NC(=O)C(CC(=O)O)NC(=O)C(C)N)C(=O)O. The van der Waals surface area contributed by atoms with Gasteiger partial charge in [0.1, 0.15) is 18.1 Å². The van der Waals surface area contributed by atoms with Crippen LogP contribution in [0.15, 0.2) is 0 Å². The van der Waals surface area contributed by atoms with Crippen LogP contribution >= 0.6 is 0 Å². The quantitative estimate of drug-likeness (QED) is 0.146. The van der Waals surface area contributed by atoms with Crippen LogP contribution in [-0.4, -0.2) is 70.6 Å². The number of unbranched alkanes of at least 4 members (excludes halogenated alkanes) is 1. The molecule has 0 aliphatic rings. The number of carboxylic acid groups (broad SMARTS) is 2. The van der Waals surface area contributed by atoms with Crippen LogP contribution in [0.4, 0.5) is 0 Å². The van der Waals surface area contributed by atoms with Crippen molar-refractivity contribution in [2.75, 3.05) is 6.54 Å². The highest BCUT2D eigenvalue weighted by molar-refractivity contribution is 5.95. The fourth-order valence-electron chi connectivity index (χ4n) is 2.69. The molecular formula is C19H35N5O7. The molecule has 0 fully saturated rings. The van der Waals surface area contributed by atoms with E-state index in [0.717, 1.165) is 0 Å². The van der Waals surface area contributed by atoms with Gasteiger partial charge in [0.2, 0.25) is 17.7 Å². The second kappa shape index (κ2) is 14.3. The minimum atomic E-state index is -1.45. The standard InChI is InChI=1S/C19H35N5O7/c1-10(2)8-14(19(30)31)24-17(28)12(6-4-5-7-20)22-18(29)13(9-15(25)26)23-16(27)11(3)21/h10-14H,4-9,20-21H2,1-3H3,(H,22,29)(H,23,27)(H,24,28)(H,25,26)(H,30,31). The van der Waals surface area contributed by atoms with Gasteiger partial charge < -0.3 is 37.6 Å². The van der Waals surface area contributed by atoms with Gasteiger partial charge in [0.05, 0.1) is 12.5 Å². The normalized spacial score (nSPS) is 14.8. The molecule has 178 valence electrons. The smallest absolute Gasteiger partial charge is 0.326 e. The molecule has 0 saturated heterocycles. The van der Waals surface area contributed by atoms with Crippen molar-refractivity contribution in [1.29, 1.82) is 0 Å². The Bertz CT molecular complexity index is 639. The van der Waals surface area contributed by atoms with E-state index in [1.807, 2.05) is 0 Å². The largest absolute Gasteiger partial charge is 0.481 e. The number of hydrogen-bond acceptors (Lipinski definition) is 7. The van der Waals surface area contributed by atoms with Gasteiger partial charge in [-0.05, 0) is 45.1 Å². The Morgan fingerprint density at radius 1 is 0.806 bits per heavy atom. The third-order valence-corrected chi connectivity index (χ3v) is 4.33. The average molecular weight is 446 g/mol. The highest BCUT2D eigenvalue weighted by atomic mass is 16.4. The molecule has 0 saturated carbocycles. The zero-order valence-corrected chi connectivity index (χ0v) is 18.2. The van der Waals surface area contributed by atoms with Crippen LogP contribution in [0.5, 0.6) is 0 Å². The zero-order chi connectivity index (χ0) is 24.1. The molecule has 0 spiro atoms. The first-order chi connectivity index (χ1) is 14.4. The summed E-state index contributed by atoms with van der Waals surface area (Å²) in [6.45, 7) is 5.34. The van der Waals surface area contributed by atoms with Gasteiger partial charge in [-0.15, -0.1) is 0 Å². The number of carbonyl (C=O) groups is 5. The molecule has 31 heavy (non-hydrogen) atoms. The van der Waals surface area contributed by atoms with Crippen LogP contribution in [0.25, 0.3) is 0 Å². The van der Waals surface area contributed by atoms with Crippen molar-refractivity contribution in [2.24, 2.45) is 17.4 Å². The van der Waals surface area contributed by atoms with Crippen molar-refractivity contribution in [1.82, 2.24) is 16.0 Å². The number of carbonyl (C=O) groups excluding carboxylic acids is 3. The molecule has 4 unspecified atom stereocenters. The summed E-state index contributed by atoms with van der Waals surface area (Å²) in [6.07, 6.45) is 0.660. The van der Waals surface area contributed by atoms with E-state index in [0.29, 0.717) is 19.4 Å². The van der Waals surface area contributed by atoms with Gasteiger partial charge in [-0.1, -0.05) is 13.8 Å². The van der Waals surface area contributed by atoms with Gasteiger partial charge in [0.15, 0.2) is 0 Å². The van der Waals surface area contributed by atoms with E-state index in [1.165, 1.54) is 6.92 Å². The van der Waals surface area contributed by atoms with Gasteiger partial charge in [0, 0.05) is 0 Å². The van der Waals surface area contributed by atoms with E-state index in [1.54, 1.807) is 13.8 Å². The number of carboxylic acids is 2. The van der Waals surface area contributed by atoms with Crippen LogP contribution in [0.2, 0.25) is 0 Å². The molecule has 0 heterocycles. The first-order valence-electron chi connectivity index (χ1n) is 10.2. The van der Waals surface area contributed by atoms with Crippen LogP contribution in [0, 0.1) is 5.92 Å². The molecule has 9 N–H and O–H groups in total. The highest BCUT2D eigenvalue weighted by Crippen LogP contribution is 2.08. The molecule has 3 amide bonds.